The molecule has 0 bridgehead atoms. The van der Waals surface area contributed by atoms with E-state index in [9.17, 15) is 4.79 Å². The molecule has 33 heavy (non-hydrogen) atoms. The zero-order chi connectivity index (χ0) is 22.6. The van der Waals surface area contributed by atoms with Crippen molar-refractivity contribution in [2.75, 3.05) is 24.3 Å². The third-order valence-corrected chi connectivity index (χ3v) is 6.34. The number of hydrogen-bond donors (Lipinski definition) is 1. The zero-order valence-corrected chi connectivity index (χ0v) is 19.0. The molecule has 1 aliphatic heterocycles. The van der Waals surface area contributed by atoms with Crippen LogP contribution in [-0.4, -0.2) is 30.3 Å². The van der Waals surface area contributed by atoms with Crippen molar-refractivity contribution in [1.29, 1.82) is 0 Å². The molecular weight excluding hydrogens is 434 g/mol. The molecule has 6 nitrogen and oxygen atoms in total. The summed E-state index contributed by atoms with van der Waals surface area (Å²) in [7, 11) is 0. The molecule has 166 valence electrons. The van der Waals surface area contributed by atoms with Crippen molar-refractivity contribution in [3.63, 3.8) is 0 Å². The molecule has 0 unspecified atom stereocenters. The largest absolute Gasteiger partial charge is 0.490 e. The van der Waals surface area contributed by atoms with Crippen molar-refractivity contribution >= 4 is 29.0 Å². The number of benzene rings is 3. The van der Waals surface area contributed by atoms with Gasteiger partial charge in [-0.3, -0.25) is 4.79 Å². The van der Waals surface area contributed by atoms with Gasteiger partial charge in [0.05, 0.1) is 18.4 Å². The molecule has 0 aliphatic carbocycles. The third-order valence-electron chi connectivity index (χ3n) is 5.59. The van der Waals surface area contributed by atoms with Crippen LogP contribution in [0.15, 0.2) is 88.6 Å². The normalized spacial score (nSPS) is 12.7. The summed E-state index contributed by atoms with van der Waals surface area (Å²) in [5, 5.41) is 2.99. The van der Waals surface area contributed by atoms with Crippen LogP contribution in [0.1, 0.15) is 15.9 Å². The Morgan fingerprint density at radius 1 is 1.09 bits per heavy atom. The van der Waals surface area contributed by atoms with Gasteiger partial charge in [0.2, 0.25) is 0 Å². The Kier molecular flexibility index (Phi) is 6.04. The van der Waals surface area contributed by atoms with Crippen molar-refractivity contribution in [1.82, 2.24) is 10.3 Å². The van der Waals surface area contributed by atoms with Gasteiger partial charge in [0.15, 0.2) is 12.2 Å². The standard InChI is InChI=1S/C26H23N3O3S/c1-33-22-9-2-18(3-10-22)15-28-26(30)20-6-11-23-24(14-20)31-13-12-29(23)21-7-4-19(5-8-21)25-16-27-17-32-25/h2-11,14,16-17H,12-13,15H2,1H3,(H,28,30). The van der Waals surface area contributed by atoms with E-state index in [-0.39, 0.29) is 5.91 Å². The van der Waals surface area contributed by atoms with Gasteiger partial charge in [0.25, 0.3) is 5.91 Å². The summed E-state index contributed by atoms with van der Waals surface area (Å²) in [4.78, 5) is 20.1. The first kappa shape index (κ1) is 21.2. The van der Waals surface area contributed by atoms with Gasteiger partial charge >= 0.3 is 0 Å². The highest BCUT2D eigenvalue weighted by molar-refractivity contribution is 7.98. The van der Waals surface area contributed by atoms with Gasteiger partial charge in [-0.25, -0.2) is 4.98 Å². The molecule has 1 aliphatic rings. The summed E-state index contributed by atoms with van der Waals surface area (Å²) in [6.45, 7) is 1.76. The number of thioether (sulfide) groups is 1. The van der Waals surface area contributed by atoms with Crippen molar-refractivity contribution < 1.29 is 13.9 Å². The van der Waals surface area contributed by atoms with Crippen LogP contribution in [0, 0.1) is 0 Å². The van der Waals surface area contributed by atoms with Crippen LogP contribution in [-0.2, 0) is 6.54 Å². The Morgan fingerprint density at radius 2 is 1.91 bits per heavy atom. The second-order valence-electron chi connectivity index (χ2n) is 7.63. The van der Waals surface area contributed by atoms with Crippen LogP contribution in [0.3, 0.4) is 0 Å². The molecule has 7 heteroatoms. The number of carbonyl (C=O) groups is 1. The topological polar surface area (TPSA) is 67.6 Å². The van der Waals surface area contributed by atoms with Crippen LogP contribution in [0.25, 0.3) is 11.3 Å². The molecule has 0 atom stereocenters. The average Bonchev–Trinajstić information content (AvgIpc) is 3.42. The molecule has 1 amide bonds. The highest BCUT2D eigenvalue weighted by Gasteiger charge is 2.21. The summed E-state index contributed by atoms with van der Waals surface area (Å²) in [6.07, 6.45) is 5.17. The lowest BCUT2D eigenvalue weighted by atomic mass is 10.1. The number of nitrogens with one attached hydrogen (secondary N) is 1. The maximum absolute atomic E-state index is 12.7. The predicted octanol–water partition coefficient (Wildman–Crippen LogP) is 5.52. The van der Waals surface area contributed by atoms with Crippen molar-refractivity contribution in [3.05, 3.63) is 90.4 Å². The highest BCUT2D eigenvalue weighted by atomic mass is 32.2. The fourth-order valence-electron chi connectivity index (χ4n) is 3.82. The van der Waals surface area contributed by atoms with E-state index >= 15 is 0 Å². The first-order valence-corrected chi connectivity index (χ1v) is 11.9. The highest BCUT2D eigenvalue weighted by Crippen LogP contribution is 2.37. The van der Waals surface area contributed by atoms with Crippen LogP contribution in [0.5, 0.6) is 5.75 Å². The van der Waals surface area contributed by atoms with Crippen LogP contribution >= 0.6 is 11.8 Å². The molecule has 4 aromatic rings. The molecular formula is C26H23N3O3S. The molecule has 3 aromatic carbocycles. The number of amides is 1. The second kappa shape index (κ2) is 9.42. The van der Waals surface area contributed by atoms with Gasteiger partial charge in [0, 0.05) is 28.3 Å². The maximum atomic E-state index is 12.7. The first-order chi connectivity index (χ1) is 16.2. The van der Waals surface area contributed by atoms with Gasteiger partial charge in [-0.15, -0.1) is 11.8 Å². The summed E-state index contributed by atoms with van der Waals surface area (Å²) in [5.74, 6) is 1.32. The van der Waals surface area contributed by atoms with E-state index in [1.165, 1.54) is 11.3 Å². The van der Waals surface area contributed by atoms with Crippen molar-refractivity contribution in [2.24, 2.45) is 0 Å². The minimum absolute atomic E-state index is 0.121. The van der Waals surface area contributed by atoms with E-state index < -0.39 is 0 Å². The van der Waals surface area contributed by atoms with Crippen LogP contribution in [0.4, 0.5) is 11.4 Å². The minimum atomic E-state index is -0.121. The number of fused-ring (bicyclic) bond motifs is 1. The zero-order valence-electron chi connectivity index (χ0n) is 18.2. The van der Waals surface area contributed by atoms with Gasteiger partial charge in [0.1, 0.15) is 12.4 Å². The lowest BCUT2D eigenvalue weighted by Gasteiger charge is -2.31. The smallest absolute Gasteiger partial charge is 0.251 e. The van der Waals surface area contributed by atoms with Gasteiger partial charge in [-0.1, -0.05) is 12.1 Å². The summed E-state index contributed by atoms with van der Waals surface area (Å²) >= 11 is 1.70. The molecule has 2 heterocycles. The molecule has 1 aromatic heterocycles. The van der Waals surface area contributed by atoms with E-state index in [0.29, 0.717) is 24.5 Å². The molecule has 0 saturated carbocycles. The Morgan fingerprint density at radius 3 is 2.64 bits per heavy atom. The molecule has 5 rings (SSSR count). The van der Waals surface area contributed by atoms with Gasteiger partial charge < -0.3 is 19.4 Å². The predicted molar refractivity (Wildman–Crippen MR) is 130 cm³/mol. The quantitative estimate of drug-likeness (QED) is 0.384. The monoisotopic (exact) mass is 457 g/mol. The van der Waals surface area contributed by atoms with E-state index in [2.05, 4.69) is 39.5 Å². The van der Waals surface area contributed by atoms with E-state index in [0.717, 1.165) is 34.8 Å². The fraction of sp³-hybridized carbons (Fsp3) is 0.154. The summed E-state index contributed by atoms with van der Waals surface area (Å²) in [5.41, 5.74) is 4.61. The van der Waals surface area contributed by atoms with E-state index in [1.807, 2.05) is 48.7 Å². The lowest BCUT2D eigenvalue weighted by molar-refractivity contribution is 0.0950. The van der Waals surface area contributed by atoms with Crippen molar-refractivity contribution in [2.45, 2.75) is 11.4 Å². The lowest BCUT2D eigenvalue weighted by Crippen LogP contribution is -2.29. The Balaban J connectivity index is 1.30. The number of rotatable bonds is 6. The van der Waals surface area contributed by atoms with Crippen molar-refractivity contribution in [3.8, 4) is 17.1 Å². The summed E-state index contributed by atoms with van der Waals surface area (Å²) < 4.78 is 11.3. The Bertz CT molecular complexity index is 1240. The maximum Gasteiger partial charge on any atom is 0.251 e. The molecule has 1 N–H and O–H groups in total. The Labute approximate surface area is 196 Å². The van der Waals surface area contributed by atoms with E-state index in [1.54, 1.807) is 18.0 Å². The number of oxazole rings is 1. The molecule has 0 radical (unpaired) electrons. The second-order valence-corrected chi connectivity index (χ2v) is 8.51. The number of aromatic nitrogens is 1. The van der Waals surface area contributed by atoms with E-state index in [4.69, 9.17) is 9.15 Å². The number of anilines is 2. The number of ether oxygens (including phenoxy) is 1. The Hall–Kier alpha value is -3.71. The van der Waals surface area contributed by atoms with Gasteiger partial charge in [-0.05, 0) is 66.4 Å². The van der Waals surface area contributed by atoms with Crippen LogP contribution in [0.2, 0.25) is 0 Å². The number of nitrogens with zero attached hydrogens (tertiary/aromatic N) is 2. The first-order valence-electron chi connectivity index (χ1n) is 10.7. The summed E-state index contributed by atoms with van der Waals surface area (Å²) in [6, 6.07) is 21.9. The van der Waals surface area contributed by atoms with Crippen LogP contribution < -0.4 is 15.0 Å². The number of carbonyl (C=O) groups excluding carboxylic acids is 1. The molecule has 0 saturated heterocycles. The molecule has 0 spiro atoms. The minimum Gasteiger partial charge on any atom is -0.490 e. The SMILES string of the molecule is CSc1ccc(CNC(=O)c2ccc3c(c2)OCCN3c2ccc(-c3cnco3)cc2)cc1. The number of hydrogen-bond acceptors (Lipinski definition) is 6. The van der Waals surface area contributed by atoms with Gasteiger partial charge in [-0.2, -0.15) is 0 Å². The third kappa shape index (κ3) is 4.59. The molecule has 0 fully saturated rings. The fourth-order valence-corrected chi connectivity index (χ4v) is 4.23. The average molecular weight is 458 g/mol.